The van der Waals surface area contributed by atoms with Gasteiger partial charge in [0.05, 0.1) is 5.69 Å². The molecule has 0 bridgehead atoms. The summed E-state index contributed by atoms with van der Waals surface area (Å²) in [5.74, 6) is -0.0295. The van der Waals surface area contributed by atoms with E-state index < -0.39 is 10.1 Å². The molecule has 5 heteroatoms. The summed E-state index contributed by atoms with van der Waals surface area (Å²) >= 11 is 0. The van der Waals surface area contributed by atoms with Gasteiger partial charge in [0.15, 0.2) is 0 Å². The quantitative estimate of drug-likeness (QED) is 0.735. The van der Waals surface area contributed by atoms with Crippen LogP contribution in [0, 0.1) is 0 Å². The lowest BCUT2D eigenvalue weighted by atomic mass is 10.1. The van der Waals surface area contributed by atoms with Crippen LogP contribution in [0.1, 0.15) is 25.5 Å². The Bertz CT molecular complexity index is 398. The first-order valence-electron chi connectivity index (χ1n) is 3.85. The van der Waals surface area contributed by atoms with Crippen LogP contribution in [0.3, 0.4) is 0 Å². The van der Waals surface area contributed by atoms with Crippen LogP contribution in [0.2, 0.25) is 0 Å². The maximum Gasteiger partial charge on any atom is 0.296 e. The molecule has 0 aromatic carbocycles. The van der Waals surface area contributed by atoms with Gasteiger partial charge in [-0.2, -0.15) is 8.42 Å². The molecule has 1 aromatic rings. The van der Waals surface area contributed by atoms with Crippen LogP contribution in [0.15, 0.2) is 23.2 Å². The van der Waals surface area contributed by atoms with E-state index in [4.69, 9.17) is 4.55 Å². The van der Waals surface area contributed by atoms with Crippen LogP contribution in [0.5, 0.6) is 0 Å². The van der Waals surface area contributed by atoms with E-state index in [1.165, 1.54) is 18.3 Å². The van der Waals surface area contributed by atoms with Crippen molar-refractivity contribution in [3.63, 3.8) is 0 Å². The molecule has 13 heavy (non-hydrogen) atoms. The second-order valence-corrected chi connectivity index (χ2v) is 4.41. The van der Waals surface area contributed by atoms with Crippen LogP contribution in [0.25, 0.3) is 0 Å². The maximum absolute atomic E-state index is 10.9. The van der Waals surface area contributed by atoms with Crippen molar-refractivity contribution in [2.45, 2.75) is 24.7 Å². The minimum Gasteiger partial charge on any atom is -0.282 e. The molecule has 0 aliphatic heterocycles. The average Bonchev–Trinajstić information content (AvgIpc) is 2.03. The van der Waals surface area contributed by atoms with E-state index in [2.05, 4.69) is 4.98 Å². The summed E-state index contributed by atoms with van der Waals surface area (Å²) in [5.41, 5.74) is 0.394. The number of hydrogen-bond acceptors (Lipinski definition) is 3. The van der Waals surface area contributed by atoms with E-state index in [0.29, 0.717) is 5.69 Å². The Morgan fingerprint density at radius 3 is 2.46 bits per heavy atom. The molecule has 0 atom stereocenters. The molecular weight excluding hydrogens is 190 g/mol. The van der Waals surface area contributed by atoms with Crippen molar-refractivity contribution in [3.8, 4) is 0 Å². The van der Waals surface area contributed by atoms with E-state index in [9.17, 15) is 8.42 Å². The van der Waals surface area contributed by atoms with E-state index in [1.807, 2.05) is 13.8 Å². The minimum absolute atomic E-state index is 0.0295. The van der Waals surface area contributed by atoms with Crippen molar-refractivity contribution in [1.29, 1.82) is 0 Å². The average molecular weight is 201 g/mol. The topological polar surface area (TPSA) is 67.3 Å². The molecule has 0 aliphatic rings. The Kier molecular flexibility index (Phi) is 2.68. The normalized spacial score (nSPS) is 12.0. The largest absolute Gasteiger partial charge is 0.296 e. The van der Waals surface area contributed by atoms with Crippen molar-refractivity contribution >= 4 is 10.1 Å². The lowest BCUT2D eigenvalue weighted by Crippen LogP contribution is -2.06. The zero-order chi connectivity index (χ0) is 10.1. The predicted octanol–water partition coefficient (Wildman–Crippen LogP) is 1.45. The molecule has 0 radical (unpaired) electrons. The molecule has 4 nitrogen and oxygen atoms in total. The van der Waals surface area contributed by atoms with Crippen LogP contribution >= 0.6 is 0 Å². The molecule has 72 valence electrons. The van der Waals surface area contributed by atoms with Gasteiger partial charge >= 0.3 is 0 Å². The molecule has 0 spiro atoms. The van der Waals surface area contributed by atoms with Gasteiger partial charge in [0, 0.05) is 6.20 Å². The molecular formula is C8H11NO3S. The SMILES string of the molecule is CC(C)c1ncccc1S(=O)(=O)O. The van der Waals surface area contributed by atoms with Crippen molar-refractivity contribution < 1.29 is 13.0 Å². The fraction of sp³-hybridized carbons (Fsp3) is 0.375. The molecule has 0 unspecified atom stereocenters. The van der Waals surface area contributed by atoms with E-state index >= 15 is 0 Å². The second kappa shape index (κ2) is 3.43. The molecule has 0 aliphatic carbocycles. The molecule has 0 amide bonds. The number of rotatable bonds is 2. The summed E-state index contributed by atoms with van der Waals surface area (Å²) < 4.78 is 30.6. The van der Waals surface area contributed by atoms with Crippen LogP contribution in [-0.4, -0.2) is 18.0 Å². The van der Waals surface area contributed by atoms with Gasteiger partial charge in [0.25, 0.3) is 10.1 Å². The van der Waals surface area contributed by atoms with E-state index in [-0.39, 0.29) is 10.8 Å². The van der Waals surface area contributed by atoms with Crippen molar-refractivity contribution in [1.82, 2.24) is 4.98 Å². The second-order valence-electron chi connectivity index (χ2n) is 3.02. The highest BCUT2D eigenvalue weighted by Crippen LogP contribution is 2.20. The molecule has 1 rings (SSSR count). The van der Waals surface area contributed by atoms with Crippen LogP contribution in [-0.2, 0) is 10.1 Å². The zero-order valence-electron chi connectivity index (χ0n) is 7.43. The molecule has 1 aromatic heterocycles. The Morgan fingerprint density at radius 2 is 2.08 bits per heavy atom. The summed E-state index contributed by atoms with van der Waals surface area (Å²) in [4.78, 5) is 3.80. The van der Waals surface area contributed by atoms with Gasteiger partial charge in [0.2, 0.25) is 0 Å². The Morgan fingerprint density at radius 1 is 1.46 bits per heavy atom. The lowest BCUT2D eigenvalue weighted by Gasteiger charge is -2.07. The third-order valence-corrected chi connectivity index (χ3v) is 2.53. The Balaban J connectivity index is 3.37. The summed E-state index contributed by atoms with van der Waals surface area (Å²) in [5, 5.41) is 0. The first-order chi connectivity index (χ1) is 5.93. The van der Waals surface area contributed by atoms with Crippen molar-refractivity contribution in [3.05, 3.63) is 24.0 Å². The highest BCUT2D eigenvalue weighted by Gasteiger charge is 2.17. The third kappa shape index (κ3) is 2.26. The first-order valence-corrected chi connectivity index (χ1v) is 5.29. The van der Waals surface area contributed by atoms with Crippen molar-refractivity contribution in [2.75, 3.05) is 0 Å². The first kappa shape index (κ1) is 10.1. The summed E-state index contributed by atoms with van der Waals surface area (Å²) in [6, 6.07) is 2.83. The minimum atomic E-state index is -4.14. The highest BCUT2D eigenvalue weighted by atomic mass is 32.2. The number of pyridine rings is 1. The summed E-state index contributed by atoms with van der Waals surface area (Å²) in [7, 11) is -4.14. The number of nitrogens with zero attached hydrogens (tertiary/aromatic N) is 1. The van der Waals surface area contributed by atoms with Gasteiger partial charge in [0.1, 0.15) is 4.90 Å². The Hall–Kier alpha value is -0.940. The molecule has 0 fully saturated rings. The smallest absolute Gasteiger partial charge is 0.282 e. The molecule has 1 N–H and O–H groups in total. The number of hydrogen-bond donors (Lipinski definition) is 1. The molecule has 1 heterocycles. The van der Waals surface area contributed by atoms with Gasteiger partial charge in [-0.1, -0.05) is 13.8 Å². The van der Waals surface area contributed by atoms with Crippen molar-refractivity contribution in [2.24, 2.45) is 0 Å². The van der Waals surface area contributed by atoms with Crippen LogP contribution < -0.4 is 0 Å². The third-order valence-electron chi connectivity index (χ3n) is 1.62. The maximum atomic E-state index is 10.9. The fourth-order valence-corrected chi connectivity index (χ4v) is 1.86. The van der Waals surface area contributed by atoms with Gasteiger partial charge in [-0.3, -0.25) is 9.54 Å². The lowest BCUT2D eigenvalue weighted by molar-refractivity contribution is 0.480. The molecule has 0 saturated carbocycles. The van der Waals surface area contributed by atoms with Gasteiger partial charge < -0.3 is 0 Å². The van der Waals surface area contributed by atoms with Gasteiger partial charge in [-0.15, -0.1) is 0 Å². The van der Waals surface area contributed by atoms with Crippen LogP contribution in [0.4, 0.5) is 0 Å². The summed E-state index contributed by atoms with van der Waals surface area (Å²) in [6.07, 6.45) is 1.50. The monoisotopic (exact) mass is 201 g/mol. The van der Waals surface area contributed by atoms with E-state index in [0.717, 1.165) is 0 Å². The standard InChI is InChI=1S/C8H11NO3S/c1-6(2)8-7(13(10,11)12)4-3-5-9-8/h3-6H,1-2H3,(H,10,11,12). The number of aromatic nitrogens is 1. The highest BCUT2D eigenvalue weighted by molar-refractivity contribution is 7.85. The predicted molar refractivity (Wildman–Crippen MR) is 48.1 cm³/mol. The van der Waals surface area contributed by atoms with Gasteiger partial charge in [-0.05, 0) is 18.1 Å². The van der Waals surface area contributed by atoms with Gasteiger partial charge in [-0.25, -0.2) is 0 Å². The fourth-order valence-electron chi connectivity index (χ4n) is 1.05. The summed E-state index contributed by atoms with van der Waals surface area (Å²) in [6.45, 7) is 3.63. The Labute approximate surface area is 77.4 Å². The molecule has 0 saturated heterocycles. The van der Waals surface area contributed by atoms with E-state index in [1.54, 1.807) is 0 Å². The zero-order valence-corrected chi connectivity index (χ0v) is 8.25.